The van der Waals surface area contributed by atoms with Crippen LogP contribution in [-0.4, -0.2) is 33.0 Å². The third kappa shape index (κ3) is 6.14. The maximum Gasteiger partial charge on any atom is 0.282 e. The van der Waals surface area contributed by atoms with E-state index in [1.807, 2.05) is 92.7 Å². The van der Waals surface area contributed by atoms with E-state index in [1.165, 1.54) is 11.1 Å². The highest BCUT2D eigenvalue weighted by molar-refractivity contribution is 5.91. The summed E-state index contributed by atoms with van der Waals surface area (Å²) in [5, 5.41) is 8.13. The second-order valence-corrected chi connectivity index (χ2v) is 11.0. The van der Waals surface area contributed by atoms with Crippen LogP contribution in [0.3, 0.4) is 0 Å². The fraction of sp³-hybridized carbons (Fsp3) is 0.257. The van der Waals surface area contributed by atoms with Crippen molar-refractivity contribution in [1.82, 2.24) is 14.2 Å². The topological polar surface area (TPSA) is 90.5 Å². The van der Waals surface area contributed by atoms with Crippen molar-refractivity contribution >= 4 is 28.7 Å². The van der Waals surface area contributed by atoms with Gasteiger partial charge in [-0.05, 0) is 81.3 Å². The van der Waals surface area contributed by atoms with E-state index in [9.17, 15) is 9.59 Å². The summed E-state index contributed by atoms with van der Waals surface area (Å²) in [7, 11) is 0. The molecule has 0 aliphatic heterocycles. The average molecular weight is 574 g/mol. The second-order valence-electron chi connectivity index (χ2n) is 11.0. The van der Waals surface area contributed by atoms with E-state index in [2.05, 4.69) is 16.0 Å². The van der Waals surface area contributed by atoms with Gasteiger partial charge in [-0.25, -0.2) is 4.98 Å². The summed E-state index contributed by atoms with van der Waals surface area (Å²) in [6, 6.07) is 26.5. The Morgan fingerprint density at radius 3 is 2.47 bits per heavy atom. The Hall–Kier alpha value is -4.98. The summed E-state index contributed by atoms with van der Waals surface area (Å²) in [5.41, 5.74) is 5.24. The molecule has 6 rings (SSSR count). The van der Waals surface area contributed by atoms with E-state index in [0.717, 1.165) is 65.4 Å². The van der Waals surface area contributed by atoms with Crippen LogP contribution in [0.1, 0.15) is 60.8 Å². The number of carbonyl (C=O) groups excluding carboxylic acids is 1. The van der Waals surface area contributed by atoms with E-state index in [1.54, 1.807) is 6.21 Å². The number of ether oxygens (including phenoxy) is 1. The van der Waals surface area contributed by atoms with Crippen LogP contribution in [0.2, 0.25) is 0 Å². The van der Waals surface area contributed by atoms with Crippen molar-refractivity contribution in [2.45, 2.75) is 51.9 Å². The molecule has 1 aliphatic carbocycles. The fourth-order valence-corrected chi connectivity index (χ4v) is 5.87. The number of fused-ring (bicyclic) bond motifs is 1. The number of amides is 1. The number of para-hydroxylation sites is 2. The predicted octanol–water partition coefficient (Wildman–Crippen LogP) is 6.75. The minimum absolute atomic E-state index is 0.0811. The number of benzene rings is 3. The van der Waals surface area contributed by atoms with Crippen molar-refractivity contribution in [3.8, 4) is 11.4 Å². The Morgan fingerprint density at radius 2 is 1.70 bits per heavy atom. The van der Waals surface area contributed by atoms with Crippen molar-refractivity contribution in [1.29, 1.82) is 0 Å². The highest BCUT2D eigenvalue weighted by atomic mass is 16.5. The molecule has 218 valence electrons. The van der Waals surface area contributed by atoms with Crippen molar-refractivity contribution in [2.75, 3.05) is 11.9 Å². The van der Waals surface area contributed by atoms with Gasteiger partial charge in [0.25, 0.3) is 11.5 Å². The summed E-state index contributed by atoms with van der Waals surface area (Å²) in [5.74, 6) is 1.36. The SMILES string of the molecule is Cc1cc(C=Nn2c(C3CCCCC3)nc3ccccc3c2=O)c(C)n1-c1ccc(OCC(=O)Nc2ccccc2)cc1. The molecule has 1 fully saturated rings. The molecule has 1 saturated carbocycles. The molecular formula is C35H35N5O3. The van der Waals surface area contributed by atoms with Crippen LogP contribution in [0, 0.1) is 13.8 Å². The molecule has 0 spiro atoms. The van der Waals surface area contributed by atoms with Gasteiger partial charge < -0.3 is 14.6 Å². The summed E-state index contributed by atoms with van der Waals surface area (Å²) >= 11 is 0. The fourth-order valence-electron chi connectivity index (χ4n) is 5.87. The molecule has 0 saturated heterocycles. The van der Waals surface area contributed by atoms with Crippen LogP contribution >= 0.6 is 0 Å². The van der Waals surface area contributed by atoms with Crippen LogP contribution < -0.4 is 15.6 Å². The van der Waals surface area contributed by atoms with Crippen molar-refractivity contribution in [3.05, 3.63) is 118 Å². The number of anilines is 1. The largest absolute Gasteiger partial charge is 0.484 e. The van der Waals surface area contributed by atoms with Gasteiger partial charge in [-0.15, -0.1) is 0 Å². The van der Waals surface area contributed by atoms with E-state index < -0.39 is 0 Å². The maximum absolute atomic E-state index is 13.6. The standard InChI is InChI=1S/C35H35N5O3/c1-24-21-27(22-36-40-34(26-11-5-3-6-12-26)38-32-16-10-9-15-31(32)35(40)42)25(2)39(24)29-17-19-30(20-18-29)43-23-33(41)37-28-13-7-4-8-14-28/h4,7-10,13-22,26H,3,5-6,11-12,23H2,1-2H3,(H,37,41). The molecule has 2 aromatic heterocycles. The smallest absolute Gasteiger partial charge is 0.282 e. The Labute approximate surface area is 250 Å². The van der Waals surface area contributed by atoms with Gasteiger partial charge in [-0.3, -0.25) is 9.59 Å². The number of aromatic nitrogens is 3. The van der Waals surface area contributed by atoms with E-state index in [4.69, 9.17) is 14.8 Å². The lowest BCUT2D eigenvalue weighted by Gasteiger charge is -2.22. The monoisotopic (exact) mass is 573 g/mol. The Balaban J connectivity index is 1.22. The second kappa shape index (κ2) is 12.5. The minimum atomic E-state index is -0.219. The number of carbonyl (C=O) groups is 1. The third-order valence-electron chi connectivity index (χ3n) is 8.05. The first-order chi connectivity index (χ1) is 21.0. The number of nitrogens with one attached hydrogen (secondary N) is 1. The van der Waals surface area contributed by atoms with E-state index in [0.29, 0.717) is 11.1 Å². The summed E-state index contributed by atoms with van der Waals surface area (Å²) in [4.78, 5) is 30.8. The molecule has 5 aromatic rings. The van der Waals surface area contributed by atoms with Gasteiger partial charge in [-0.2, -0.15) is 9.78 Å². The first-order valence-electron chi connectivity index (χ1n) is 14.8. The van der Waals surface area contributed by atoms with Gasteiger partial charge in [0.15, 0.2) is 6.61 Å². The van der Waals surface area contributed by atoms with Crippen LogP contribution in [0.15, 0.2) is 94.8 Å². The molecule has 43 heavy (non-hydrogen) atoms. The normalized spacial score (nSPS) is 13.9. The summed E-state index contributed by atoms with van der Waals surface area (Å²) in [6.07, 6.45) is 7.32. The molecule has 8 nitrogen and oxygen atoms in total. The van der Waals surface area contributed by atoms with Crippen LogP contribution in [0.5, 0.6) is 5.75 Å². The zero-order valence-corrected chi connectivity index (χ0v) is 24.5. The molecule has 1 amide bonds. The lowest BCUT2D eigenvalue weighted by atomic mass is 9.88. The number of rotatable bonds is 8. The first-order valence-corrected chi connectivity index (χ1v) is 14.8. The number of hydrogen-bond acceptors (Lipinski definition) is 5. The van der Waals surface area contributed by atoms with Gasteiger partial charge in [0.2, 0.25) is 0 Å². The Bertz CT molecular complexity index is 1830. The molecule has 3 aromatic carbocycles. The lowest BCUT2D eigenvalue weighted by Crippen LogP contribution is -2.25. The lowest BCUT2D eigenvalue weighted by molar-refractivity contribution is -0.118. The number of nitrogens with zero attached hydrogens (tertiary/aromatic N) is 4. The molecular weight excluding hydrogens is 538 g/mol. The third-order valence-corrected chi connectivity index (χ3v) is 8.05. The molecule has 0 bridgehead atoms. The molecule has 8 heteroatoms. The van der Waals surface area contributed by atoms with Gasteiger partial charge in [0, 0.05) is 34.2 Å². The zero-order valence-electron chi connectivity index (χ0n) is 24.5. The molecule has 2 heterocycles. The summed E-state index contributed by atoms with van der Waals surface area (Å²) in [6.45, 7) is 4.00. The Morgan fingerprint density at radius 1 is 0.977 bits per heavy atom. The molecule has 0 radical (unpaired) electrons. The van der Waals surface area contributed by atoms with E-state index >= 15 is 0 Å². The molecule has 1 N–H and O–H groups in total. The first kappa shape index (κ1) is 28.2. The van der Waals surface area contributed by atoms with Crippen LogP contribution in [-0.2, 0) is 4.79 Å². The highest BCUT2D eigenvalue weighted by Crippen LogP contribution is 2.32. The van der Waals surface area contributed by atoms with E-state index in [-0.39, 0.29) is 24.0 Å². The van der Waals surface area contributed by atoms with Gasteiger partial charge in [0.1, 0.15) is 11.6 Å². The van der Waals surface area contributed by atoms with Crippen molar-refractivity contribution < 1.29 is 9.53 Å². The number of aryl methyl sites for hydroxylation is 1. The van der Waals surface area contributed by atoms with Gasteiger partial charge in [0.05, 0.1) is 17.1 Å². The highest BCUT2D eigenvalue weighted by Gasteiger charge is 2.22. The van der Waals surface area contributed by atoms with Gasteiger partial charge in [-0.1, -0.05) is 49.6 Å². The molecule has 0 unspecified atom stereocenters. The van der Waals surface area contributed by atoms with Crippen molar-refractivity contribution in [3.63, 3.8) is 0 Å². The van der Waals surface area contributed by atoms with Crippen LogP contribution in [0.4, 0.5) is 5.69 Å². The minimum Gasteiger partial charge on any atom is -0.484 e. The van der Waals surface area contributed by atoms with Gasteiger partial charge >= 0.3 is 0 Å². The zero-order chi connectivity index (χ0) is 29.8. The average Bonchev–Trinajstić information content (AvgIpc) is 3.32. The van der Waals surface area contributed by atoms with Crippen LogP contribution in [0.25, 0.3) is 16.6 Å². The number of hydrogen-bond donors (Lipinski definition) is 1. The Kier molecular flexibility index (Phi) is 8.18. The molecule has 0 atom stereocenters. The molecule has 1 aliphatic rings. The predicted molar refractivity (Wildman–Crippen MR) is 171 cm³/mol. The van der Waals surface area contributed by atoms with Crippen molar-refractivity contribution in [2.24, 2.45) is 5.10 Å². The quantitative estimate of drug-likeness (QED) is 0.208. The maximum atomic E-state index is 13.6. The summed E-state index contributed by atoms with van der Waals surface area (Å²) < 4.78 is 9.36.